The van der Waals surface area contributed by atoms with E-state index in [9.17, 15) is 0 Å². The Balaban J connectivity index is 1.94. The Hall–Kier alpha value is -1.36. The van der Waals surface area contributed by atoms with Crippen molar-refractivity contribution >= 4 is 39.5 Å². The Kier molecular flexibility index (Phi) is 3.90. The van der Waals surface area contributed by atoms with Gasteiger partial charge in [0.1, 0.15) is 11.5 Å². The van der Waals surface area contributed by atoms with Crippen LogP contribution in [-0.2, 0) is 0 Å². The number of para-hydroxylation sites is 1. The largest absolute Gasteiger partial charge is 0.455 e. The van der Waals surface area contributed by atoms with Gasteiger partial charge in [-0.25, -0.2) is 0 Å². The summed E-state index contributed by atoms with van der Waals surface area (Å²) in [6.45, 7) is 0. The first-order chi connectivity index (χ1) is 10.8. The van der Waals surface area contributed by atoms with E-state index in [1.54, 1.807) is 23.5 Å². The highest BCUT2D eigenvalue weighted by atomic mass is 79.9. The summed E-state index contributed by atoms with van der Waals surface area (Å²) in [6.07, 6.45) is 0. The average Bonchev–Trinajstić information content (AvgIpc) is 2.59. The number of rotatable bonds is 0. The monoisotopic (exact) mass is 386 g/mol. The summed E-state index contributed by atoms with van der Waals surface area (Å²) in [5.74, 6) is 1.78. The van der Waals surface area contributed by atoms with Crippen LogP contribution in [0.15, 0.2) is 90.8 Å². The molecule has 0 fully saturated rings. The van der Waals surface area contributed by atoms with Crippen LogP contribution in [0.5, 0.6) is 11.5 Å². The SMILES string of the molecule is Brc1ccc2c(c1)Sc1ccccc1Sc1ccccc1O2. The molecule has 4 rings (SSSR count). The molecule has 4 heteroatoms. The summed E-state index contributed by atoms with van der Waals surface area (Å²) < 4.78 is 7.24. The lowest BCUT2D eigenvalue weighted by Crippen LogP contribution is -1.87. The zero-order valence-electron chi connectivity index (χ0n) is 11.5. The molecule has 0 unspecified atom stereocenters. The molecule has 0 saturated carbocycles. The predicted molar refractivity (Wildman–Crippen MR) is 95.3 cm³/mol. The van der Waals surface area contributed by atoms with Crippen LogP contribution in [0.3, 0.4) is 0 Å². The van der Waals surface area contributed by atoms with Gasteiger partial charge in [0.2, 0.25) is 0 Å². The maximum absolute atomic E-state index is 6.19. The molecule has 1 nitrogen and oxygen atoms in total. The third kappa shape index (κ3) is 2.78. The van der Waals surface area contributed by atoms with Gasteiger partial charge in [-0.3, -0.25) is 0 Å². The van der Waals surface area contributed by atoms with Gasteiger partial charge in [-0.1, -0.05) is 63.7 Å². The number of ether oxygens (including phenoxy) is 1. The zero-order chi connectivity index (χ0) is 14.9. The molecule has 0 N–H and O–H groups in total. The van der Waals surface area contributed by atoms with Crippen molar-refractivity contribution in [1.29, 1.82) is 0 Å². The summed E-state index contributed by atoms with van der Waals surface area (Å²) in [6, 6.07) is 22.8. The van der Waals surface area contributed by atoms with Crippen molar-refractivity contribution in [3.63, 3.8) is 0 Å². The van der Waals surface area contributed by atoms with E-state index in [0.717, 1.165) is 25.8 Å². The van der Waals surface area contributed by atoms with Gasteiger partial charge < -0.3 is 4.74 Å². The molecule has 0 bridgehead atoms. The second-order valence-corrected chi connectivity index (χ2v) is 7.87. The molecule has 1 aliphatic heterocycles. The Labute approximate surface area is 146 Å². The second-order valence-electron chi connectivity index (χ2n) is 4.79. The molecule has 3 aromatic carbocycles. The van der Waals surface area contributed by atoms with E-state index in [4.69, 9.17) is 4.74 Å². The van der Waals surface area contributed by atoms with Gasteiger partial charge in [0, 0.05) is 14.3 Å². The van der Waals surface area contributed by atoms with Crippen LogP contribution in [0.2, 0.25) is 0 Å². The van der Waals surface area contributed by atoms with E-state index >= 15 is 0 Å². The summed E-state index contributed by atoms with van der Waals surface area (Å²) in [5, 5.41) is 0. The maximum atomic E-state index is 6.19. The molecule has 22 heavy (non-hydrogen) atoms. The Morgan fingerprint density at radius 3 is 2.00 bits per heavy atom. The van der Waals surface area contributed by atoms with Gasteiger partial charge in [-0.05, 0) is 42.5 Å². The van der Waals surface area contributed by atoms with Crippen molar-refractivity contribution in [1.82, 2.24) is 0 Å². The van der Waals surface area contributed by atoms with Crippen molar-refractivity contribution in [3.8, 4) is 11.5 Å². The molecule has 3 aromatic rings. The fourth-order valence-electron chi connectivity index (χ4n) is 2.24. The van der Waals surface area contributed by atoms with Crippen LogP contribution in [0.1, 0.15) is 0 Å². The lowest BCUT2D eigenvalue weighted by Gasteiger charge is -2.11. The fourth-order valence-corrected chi connectivity index (χ4v) is 4.86. The van der Waals surface area contributed by atoms with Gasteiger partial charge in [0.15, 0.2) is 0 Å². The van der Waals surface area contributed by atoms with Crippen LogP contribution in [-0.4, -0.2) is 0 Å². The smallest absolute Gasteiger partial charge is 0.141 e. The van der Waals surface area contributed by atoms with Crippen molar-refractivity contribution in [3.05, 3.63) is 71.2 Å². The molecule has 0 aliphatic carbocycles. The quantitative estimate of drug-likeness (QED) is 0.326. The molecule has 108 valence electrons. The highest BCUT2D eigenvalue weighted by molar-refractivity contribution is 9.10. The number of benzene rings is 3. The molecular weight excluding hydrogens is 376 g/mol. The molecule has 0 spiro atoms. The first-order valence-corrected chi connectivity index (χ1v) is 9.23. The minimum Gasteiger partial charge on any atom is -0.455 e. The van der Waals surface area contributed by atoms with E-state index in [1.807, 2.05) is 30.3 Å². The number of hydrogen-bond acceptors (Lipinski definition) is 3. The van der Waals surface area contributed by atoms with Crippen LogP contribution in [0, 0.1) is 0 Å². The maximum Gasteiger partial charge on any atom is 0.141 e. The number of fused-ring (bicyclic) bond motifs is 3. The van der Waals surface area contributed by atoms with Crippen LogP contribution in [0.4, 0.5) is 0 Å². The normalized spacial score (nSPS) is 12.8. The van der Waals surface area contributed by atoms with E-state index in [1.165, 1.54) is 9.79 Å². The van der Waals surface area contributed by atoms with Crippen LogP contribution in [0.25, 0.3) is 0 Å². The third-order valence-electron chi connectivity index (χ3n) is 3.26. The Morgan fingerprint density at radius 2 is 1.23 bits per heavy atom. The molecule has 1 aliphatic rings. The second kappa shape index (κ2) is 6.03. The van der Waals surface area contributed by atoms with Crippen molar-refractivity contribution in [2.75, 3.05) is 0 Å². The standard InChI is InChI=1S/C18H11BrOS2/c19-12-9-10-14-18(11-12)22-17-8-4-3-7-16(17)21-15-6-2-1-5-13(15)20-14/h1-11H. The van der Waals surface area contributed by atoms with E-state index in [-0.39, 0.29) is 0 Å². The topological polar surface area (TPSA) is 9.23 Å². The van der Waals surface area contributed by atoms with Gasteiger partial charge >= 0.3 is 0 Å². The van der Waals surface area contributed by atoms with Gasteiger partial charge in [-0.2, -0.15) is 0 Å². The zero-order valence-corrected chi connectivity index (χ0v) is 14.7. The van der Waals surface area contributed by atoms with E-state index < -0.39 is 0 Å². The summed E-state index contributed by atoms with van der Waals surface area (Å²) in [7, 11) is 0. The van der Waals surface area contributed by atoms with Crippen LogP contribution < -0.4 is 4.74 Å². The fraction of sp³-hybridized carbons (Fsp3) is 0. The highest BCUT2D eigenvalue weighted by Crippen LogP contribution is 2.48. The minimum atomic E-state index is 0.887. The Morgan fingerprint density at radius 1 is 0.636 bits per heavy atom. The molecule has 1 heterocycles. The first kappa shape index (κ1) is 14.2. The minimum absolute atomic E-state index is 0.887. The Bertz CT molecular complexity index is 842. The van der Waals surface area contributed by atoms with Crippen molar-refractivity contribution < 1.29 is 4.74 Å². The molecule has 0 radical (unpaired) electrons. The van der Waals surface area contributed by atoms with Crippen LogP contribution >= 0.6 is 39.5 Å². The van der Waals surface area contributed by atoms with Crippen molar-refractivity contribution in [2.24, 2.45) is 0 Å². The molecular formula is C18H11BrOS2. The number of hydrogen-bond donors (Lipinski definition) is 0. The number of halogens is 1. The third-order valence-corrected chi connectivity index (χ3v) is 6.13. The van der Waals surface area contributed by atoms with Gasteiger partial charge in [0.05, 0.1) is 9.79 Å². The first-order valence-electron chi connectivity index (χ1n) is 6.81. The lowest BCUT2D eigenvalue weighted by atomic mass is 10.3. The van der Waals surface area contributed by atoms with Gasteiger partial charge in [-0.15, -0.1) is 0 Å². The average molecular weight is 387 g/mol. The van der Waals surface area contributed by atoms with Crippen molar-refractivity contribution in [2.45, 2.75) is 19.6 Å². The summed E-state index contributed by atoms with van der Waals surface area (Å²) in [4.78, 5) is 4.73. The lowest BCUT2D eigenvalue weighted by molar-refractivity contribution is 0.460. The molecule has 0 amide bonds. The molecule has 0 aromatic heterocycles. The highest BCUT2D eigenvalue weighted by Gasteiger charge is 2.16. The van der Waals surface area contributed by atoms with E-state index in [2.05, 4.69) is 52.3 Å². The molecule has 0 saturated heterocycles. The predicted octanol–water partition coefficient (Wildman–Crippen LogP) is 6.86. The van der Waals surface area contributed by atoms with E-state index in [0.29, 0.717) is 0 Å². The van der Waals surface area contributed by atoms with Gasteiger partial charge in [0.25, 0.3) is 0 Å². The summed E-state index contributed by atoms with van der Waals surface area (Å²) in [5.41, 5.74) is 0. The molecule has 0 atom stereocenters. The summed E-state index contributed by atoms with van der Waals surface area (Å²) >= 11 is 7.04.